The maximum absolute atomic E-state index is 5.66. The number of halogens is 1. The van der Waals surface area contributed by atoms with Crippen molar-refractivity contribution in [3.8, 4) is 5.75 Å². The molecule has 0 aliphatic carbocycles. The van der Waals surface area contributed by atoms with E-state index in [4.69, 9.17) is 22.2 Å². The number of nitrogens with one attached hydrogen (secondary N) is 1. The minimum atomic E-state index is 0.0971. The van der Waals surface area contributed by atoms with Gasteiger partial charge in [0.05, 0.1) is 7.11 Å². The van der Waals surface area contributed by atoms with E-state index in [1.54, 1.807) is 7.11 Å². The van der Waals surface area contributed by atoms with E-state index in [0.29, 0.717) is 5.88 Å². The molecule has 0 aliphatic heterocycles. The minimum Gasteiger partial charge on any atom is -0.496 e. The number of benzene rings is 1. The van der Waals surface area contributed by atoms with Crippen molar-refractivity contribution < 1.29 is 4.74 Å². The molecule has 0 aromatic heterocycles. The molecule has 3 N–H and O–H groups in total. The van der Waals surface area contributed by atoms with Crippen LogP contribution in [0.5, 0.6) is 5.75 Å². The SMILES string of the molecule is COc1ccccc1C(CCCCl)NN. The molecule has 0 bridgehead atoms. The lowest BCUT2D eigenvalue weighted by Gasteiger charge is -2.18. The zero-order chi connectivity index (χ0) is 11.1. The molecule has 1 aromatic rings. The van der Waals surface area contributed by atoms with Crippen LogP contribution in [-0.2, 0) is 0 Å². The zero-order valence-electron chi connectivity index (χ0n) is 8.87. The van der Waals surface area contributed by atoms with Crippen LogP contribution < -0.4 is 16.0 Å². The molecule has 15 heavy (non-hydrogen) atoms. The first-order valence-corrected chi connectivity index (χ1v) is 5.52. The van der Waals surface area contributed by atoms with Gasteiger partial charge in [0.15, 0.2) is 0 Å². The summed E-state index contributed by atoms with van der Waals surface area (Å²) in [4.78, 5) is 0. The van der Waals surface area contributed by atoms with E-state index in [1.165, 1.54) is 0 Å². The van der Waals surface area contributed by atoms with Crippen molar-refractivity contribution in [1.29, 1.82) is 0 Å². The Kier molecular flexibility index (Phi) is 5.47. The van der Waals surface area contributed by atoms with Gasteiger partial charge in [-0.05, 0) is 18.9 Å². The number of hydrogen-bond acceptors (Lipinski definition) is 3. The first-order chi connectivity index (χ1) is 7.33. The Labute approximate surface area is 95.5 Å². The van der Waals surface area contributed by atoms with Crippen molar-refractivity contribution in [2.24, 2.45) is 5.84 Å². The number of rotatable bonds is 6. The standard InChI is InChI=1S/C11H17ClN2O/c1-15-11-7-3-2-5-9(11)10(14-13)6-4-8-12/h2-3,5,7,10,14H,4,6,8,13H2,1H3. The van der Waals surface area contributed by atoms with Gasteiger partial charge in [0.25, 0.3) is 0 Å². The number of nitrogens with two attached hydrogens (primary N) is 1. The second-order valence-corrected chi connectivity index (χ2v) is 3.67. The van der Waals surface area contributed by atoms with Crippen molar-refractivity contribution in [2.45, 2.75) is 18.9 Å². The largest absolute Gasteiger partial charge is 0.496 e. The van der Waals surface area contributed by atoms with Gasteiger partial charge in [-0.15, -0.1) is 11.6 Å². The molecule has 1 unspecified atom stereocenters. The van der Waals surface area contributed by atoms with Crippen LogP contribution in [0.2, 0.25) is 0 Å². The Morgan fingerprint density at radius 3 is 2.80 bits per heavy atom. The summed E-state index contributed by atoms with van der Waals surface area (Å²) in [5.74, 6) is 7.02. The molecule has 0 amide bonds. The summed E-state index contributed by atoms with van der Waals surface area (Å²) in [5.41, 5.74) is 3.87. The average molecular weight is 229 g/mol. The van der Waals surface area contributed by atoms with E-state index < -0.39 is 0 Å². The molecule has 0 saturated carbocycles. The Bertz CT molecular complexity index is 294. The van der Waals surface area contributed by atoms with Crippen LogP contribution >= 0.6 is 11.6 Å². The van der Waals surface area contributed by atoms with Crippen LogP contribution in [-0.4, -0.2) is 13.0 Å². The van der Waals surface area contributed by atoms with Crippen LogP contribution in [0.25, 0.3) is 0 Å². The molecular formula is C11H17ClN2O. The van der Waals surface area contributed by atoms with Crippen LogP contribution in [0.3, 0.4) is 0 Å². The summed E-state index contributed by atoms with van der Waals surface area (Å²) in [7, 11) is 1.66. The summed E-state index contributed by atoms with van der Waals surface area (Å²) in [6.45, 7) is 0. The Balaban J connectivity index is 2.80. The van der Waals surface area contributed by atoms with Gasteiger partial charge in [-0.3, -0.25) is 11.3 Å². The Hall–Kier alpha value is -0.770. The molecule has 1 atom stereocenters. The van der Waals surface area contributed by atoms with Crippen LogP contribution in [0.1, 0.15) is 24.4 Å². The molecule has 0 spiro atoms. The quantitative estimate of drug-likeness (QED) is 0.446. The van der Waals surface area contributed by atoms with Gasteiger partial charge >= 0.3 is 0 Å². The number of hydrogen-bond donors (Lipinski definition) is 2. The molecule has 0 aliphatic rings. The summed E-state index contributed by atoms with van der Waals surface area (Å²) in [6.07, 6.45) is 1.83. The lowest BCUT2D eigenvalue weighted by Crippen LogP contribution is -2.28. The van der Waals surface area contributed by atoms with Crippen LogP contribution in [0.15, 0.2) is 24.3 Å². The summed E-state index contributed by atoms with van der Waals surface area (Å²) in [5, 5.41) is 0. The fraction of sp³-hybridized carbons (Fsp3) is 0.455. The molecule has 3 nitrogen and oxygen atoms in total. The number of ether oxygens (including phenoxy) is 1. The van der Waals surface area contributed by atoms with Crippen molar-refractivity contribution in [3.05, 3.63) is 29.8 Å². The third kappa shape index (κ3) is 3.38. The predicted molar refractivity (Wildman–Crippen MR) is 63.0 cm³/mol. The normalized spacial score (nSPS) is 12.5. The van der Waals surface area contributed by atoms with Gasteiger partial charge in [0.1, 0.15) is 5.75 Å². The molecule has 0 saturated heterocycles. The molecule has 0 radical (unpaired) electrons. The number of para-hydroxylation sites is 1. The average Bonchev–Trinajstić information content (AvgIpc) is 2.30. The number of hydrazine groups is 1. The van der Waals surface area contributed by atoms with E-state index >= 15 is 0 Å². The highest BCUT2D eigenvalue weighted by Crippen LogP contribution is 2.27. The van der Waals surface area contributed by atoms with Crippen molar-refractivity contribution in [1.82, 2.24) is 5.43 Å². The molecule has 84 valence electrons. The molecule has 1 aromatic carbocycles. The van der Waals surface area contributed by atoms with Crippen molar-refractivity contribution >= 4 is 11.6 Å². The van der Waals surface area contributed by atoms with E-state index in [1.807, 2.05) is 24.3 Å². The van der Waals surface area contributed by atoms with Gasteiger partial charge in [0, 0.05) is 17.5 Å². The second kappa shape index (κ2) is 6.67. The lowest BCUT2D eigenvalue weighted by atomic mass is 10.0. The first-order valence-electron chi connectivity index (χ1n) is 4.98. The Morgan fingerprint density at radius 2 is 2.20 bits per heavy atom. The van der Waals surface area contributed by atoms with E-state index in [-0.39, 0.29) is 6.04 Å². The predicted octanol–water partition coefficient (Wildman–Crippen LogP) is 2.22. The third-order valence-electron chi connectivity index (χ3n) is 2.34. The minimum absolute atomic E-state index is 0.0971. The van der Waals surface area contributed by atoms with Gasteiger partial charge in [-0.25, -0.2) is 0 Å². The van der Waals surface area contributed by atoms with Crippen LogP contribution in [0, 0.1) is 0 Å². The number of methoxy groups -OCH3 is 1. The summed E-state index contributed by atoms with van der Waals surface area (Å²) < 4.78 is 5.28. The third-order valence-corrected chi connectivity index (χ3v) is 2.61. The van der Waals surface area contributed by atoms with Crippen LogP contribution in [0.4, 0.5) is 0 Å². The molecular weight excluding hydrogens is 212 g/mol. The van der Waals surface area contributed by atoms with Gasteiger partial charge < -0.3 is 4.74 Å². The molecule has 4 heteroatoms. The van der Waals surface area contributed by atoms with Gasteiger partial charge in [-0.2, -0.15) is 0 Å². The lowest BCUT2D eigenvalue weighted by molar-refractivity contribution is 0.395. The summed E-state index contributed by atoms with van der Waals surface area (Å²) >= 11 is 5.66. The fourth-order valence-electron chi connectivity index (χ4n) is 1.56. The molecule has 1 rings (SSSR count). The second-order valence-electron chi connectivity index (χ2n) is 3.29. The smallest absolute Gasteiger partial charge is 0.123 e. The van der Waals surface area contributed by atoms with E-state index in [2.05, 4.69) is 5.43 Å². The molecule has 0 fully saturated rings. The highest BCUT2D eigenvalue weighted by atomic mass is 35.5. The Morgan fingerprint density at radius 1 is 1.47 bits per heavy atom. The van der Waals surface area contributed by atoms with E-state index in [0.717, 1.165) is 24.2 Å². The summed E-state index contributed by atoms with van der Waals surface area (Å²) in [6, 6.07) is 7.96. The topological polar surface area (TPSA) is 47.3 Å². The van der Waals surface area contributed by atoms with Gasteiger partial charge in [0.2, 0.25) is 0 Å². The highest BCUT2D eigenvalue weighted by molar-refractivity contribution is 6.17. The fourth-order valence-corrected chi connectivity index (χ4v) is 1.72. The van der Waals surface area contributed by atoms with Crippen molar-refractivity contribution in [2.75, 3.05) is 13.0 Å². The highest BCUT2D eigenvalue weighted by Gasteiger charge is 2.13. The van der Waals surface area contributed by atoms with E-state index in [9.17, 15) is 0 Å². The van der Waals surface area contributed by atoms with Gasteiger partial charge in [-0.1, -0.05) is 18.2 Å². The van der Waals surface area contributed by atoms with Crippen molar-refractivity contribution in [3.63, 3.8) is 0 Å². The zero-order valence-corrected chi connectivity index (χ0v) is 9.63. The maximum Gasteiger partial charge on any atom is 0.123 e. The number of alkyl halides is 1. The molecule has 0 heterocycles. The monoisotopic (exact) mass is 228 g/mol. The first kappa shape index (κ1) is 12.3. The maximum atomic E-state index is 5.66.